The van der Waals surface area contributed by atoms with Crippen molar-refractivity contribution in [2.45, 2.75) is 12.3 Å². The highest BCUT2D eigenvalue weighted by Crippen LogP contribution is 2.25. The first kappa shape index (κ1) is 9.21. The highest BCUT2D eigenvalue weighted by atomic mass is 16.5. The maximum Gasteiger partial charge on any atom is 0.360 e. The van der Waals surface area contributed by atoms with Gasteiger partial charge in [-0.2, -0.15) is 0 Å². The molecule has 1 aromatic heterocycles. The molecule has 0 aliphatic carbocycles. The molecule has 1 aromatic rings. The fraction of sp³-hybridized carbons (Fsp3) is 0.556. The largest absolute Gasteiger partial charge is 0.464 e. The fourth-order valence-corrected chi connectivity index (χ4v) is 1.67. The molecular weight excluding hydrogens is 184 g/mol. The van der Waals surface area contributed by atoms with Crippen LogP contribution < -0.4 is 5.32 Å². The van der Waals surface area contributed by atoms with Gasteiger partial charge in [-0.3, -0.25) is 0 Å². The van der Waals surface area contributed by atoms with Crippen LogP contribution in [-0.4, -0.2) is 31.2 Å². The molecule has 1 unspecified atom stereocenters. The Labute approximate surface area is 81.5 Å². The van der Waals surface area contributed by atoms with Gasteiger partial charge in [0.1, 0.15) is 5.76 Å². The van der Waals surface area contributed by atoms with Gasteiger partial charge in [0.2, 0.25) is 0 Å². The van der Waals surface area contributed by atoms with Crippen LogP contribution in [0.25, 0.3) is 0 Å². The number of hydrogen-bond acceptors (Lipinski definition) is 5. The number of ether oxygens (including phenoxy) is 1. The highest BCUT2D eigenvalue weighted by molar-refractivity contribution is 5.88. The molecule has 76 valence electrons. The van der Waals surface area contributed by atoms with E-state index in [-0.39, 0.29) is 5.92 Å². The molecular formula is C9H12N2O3. The molecule has 5 nitrogen and oxygen atoms in total. The molecule has 5 heteroatoms. The molecule has 0 bridgehead atoms. The highest BCUT2D eigenvalue weighted by Gasteiger charge is 2.27. The van der Waals surface area contributed by atoms with E-state index in [4.69, 9.17) is 4.42 Å². The molecule has 1 aliphatic rings. The van der Waals surface area contributed by atoms with E-state index in [0.29, 0.717) is 11.5 Å². The topological polar surface area (TPSA) is 64.4 Å². The number of carbonyl (C=O) groups excluding carboxylic acids is 1. The number of oxazole rings is 1. The maximum atomic E-state index is 11.3. The number of methoxy groups -OCH3 is 1. The lowest BCUT2D eigenvalue weighted by atomic mass is 10.0. The van der Waals surface area contributed by atoms with E-state index in [0.717, 1.165) is 19.5 Å². The third-order valence-corrected chi connectivity index (χ3v) is 2.40. The fourth-order valence-electron chi connectivity index (χ4n) is 1.67. The molecule has 14 heavy (non-hydrogen) atoms. The lowest BCUT2D eigenvalue weighted by Crippen LogP contribution is -2.11. The molecule has 0 aromatic carbocycles. The van der Waals surface area contributed by atoms with Crippen LogP contribution in [0.5, 0.6) is 0 Å². The molecule has 1 fully saturated rings. The summed E-state index contributed by atoms with van der Waals surface area (Å²) in [7, 11) is 1.34. The van der Waals surface area contributed by atoms with E-state index >= 15 is 0 Å². The van der Waals surface area contributed by atoms with Crippen molar-refractivity contribution in [2.24, 2.45) is 0 Å². The van der Waals surface area contributed by atoms with Crippen molar-refractivity contribution in [3.05, 3.63) is 17.8 Å². The molecule has 1 atom stereocenters. The van der Waals surface area contributed by atoms with Crippen molar-refractivity contribution in [1.29, 1.82) is 0 Å². The number of carbonyl (C=O) groups is 1. The Morgan fingerprint density at radius 1 is 1.79 bits per heavy atom. The predicted molar refractivity (Wildman–Crippen MR) is 48.1 cm³/mol. The minimum absolute atomic E-state index is 0.242. The van der Waals surface area contributed by atoms with Gasteiger partial charge in [-0.15, -0.1) is 0 Å². The van der Waals surface area contributed by atoms with E-state index < -0.39 is 5.97 Å². The monoisotopic (exact) mass is 196 g/mol. The van der Waals surface area contributed by atoms with Crippen LogP contribution in [0.4, 0.5) is 0 Å². The summed E-state index contributed by atoms with van der Waals surface area (Å²) in [6, 6.07) is 0. The maximum absolute atomic E-state index is 11.3. The first-order valence-electron chi connectivity index (χ1n) is 4.55. The van der Waals surface area contributed by atoms with Gasteiger partial charge in [0.25, 0.3) is 0 Å². The zero-order valence-corrected chi connectivity index (χ0v) is 7.95. The van der Waals surface area contributed by atoms with Crippen LogP contribution in [0, 0.1) is 0 Å². The molecule has 0 radical (unpaired) electrons. The Balaban J connectivity index is 2.24. The van der Waals surface area contributed by atoms with Gasteiger partial charge in [-0.1, -0.05) is 0 Å². The van der Waals surface area contributed by atoms with Crippen LogP contribution in [-0.2, 0) is 4.74 Å². The van der Waals surface area contributed by atoms with E-state index in [1.165, 1.54) is 13.5 Å². The van der Waals surface area contributed by atoms with Gasteiger partial charge < -0.3 is 14.5 Å². The Morgan fingerprint density at radius 3 is 3.29 bits per heavy atom. The van der Waals surface area contributed by atoms with Crippen molar-refractivity contribution >= 4 is 5.97 Å². The minimum atomic E-state index is -0.430. The lowest BCUT2D eigenvalue weighted by molar-refractivity contribution is 0.0591. The molecule has 0 amide bonds. The number of esters is 1. The van der Waals surface area contributed by atoms with Crippen LogP contribution >= 0.6 is 0 Å². The van der Waals surface area contributed by atoms with Gasteiger partial charge >= 0.3 is 5.97 Å². The van der Waals surface area contributed by atoms with E-state index in [1.54, 1.807) is 0 Å². The summed E-state index contributed by atoms with van der Waals surface area (Å²) in [6.45, 7) is 1.78. The van der Waals surface area contributed by atoms with Crippen LogP contribution in [0.2, 0.25) is 0 Å². The zero-order chi connectivity index (χ0) is 9.97. The van der Waals surface area contributed by atoms with Crippen LogP contribution in [0.15, 0.2) is 10.8 Å². The van der Waals surface area contributed by atoms with Crippen molar-refractivity contribution < 1.29 is 13.9 Å². The Bertz CT molecular complexity index is 329. The van der Waals surface area contributed by atoms with Gasteiger partial charge in [-0.25, -0.2) is 9.78 Å². The average Bonchev–Trinajstić information content (AvgIpc) is 2.85. The summed E-state index contributed by atoms with van der Waals surface area (Å²) in [5.41, 5.74) is 0.307. The first-order chi connectivity index (χ1) is 6.83. The summed E-state index contributed by atoms with van der Waals surface area (Å²) in [5.74, 6) is 0.453. The number of nitrogens with one attached hydrogen (secondary N) is 1. The molecule has 2 heterocycles. The third-order valence-electron chi connectivity index (χ3n) is 2.40. The Hall–Kier alpha value is -1.36. The number of nitrogens with zero attached hydrogens (tertiary/aromatic N) is 1. The number of hydrogen-bond donors (Lipinski definition) is 1. The van der Waals surface area contributed by atoms with E-state index in [9.17, 15) is 4.79 Å². The third kappa shape index (κ3) is 1.50. The van der Waals surface area contributed by atoms with Gasteiger partial charge in [0.15, 0.2) is 12.1 Å². The second-order valence-corrected chi connectivity index (χ2v) is 3.25. The molecule has 1 aliphatic heterocycles. The standard InChI is InChI=1S/C9H12N2O3/c1-13-9(12)7-8(14-5-11-7)6-2-3-10-4-6/h5-6,10H,2-4H2,1H3. The second kappa shape index (κ2) is 3.79. The van der Waals surface area contributed by atoms with Crippen molar-refractivity contribution in [3.8, 4) is 0 Å². The molecule has 2 rings (SSSR count). The Kier molecular flexibility index (Phi) is 2.49. The zero-order valence-electron chi connectivity index (χ0n) is 7.95. The summed E-state index contributed by atoms with van der Waals surface area (Å²) >= 11 is 0. The average molecular weight is 196 g/mol. The quantitative estimate of drug-likeness (QED) is 0.699. The summed E-state index contributed by atoms with van der Waals surface area (Å²) < 4.78 is 9.83. The number of rotatable bonds is 2. The number of aromatic nitrogens is 1. The van der Waals surface area contributed by atoms with Crippen molar-refractivity contribution in [2.75, 3.05) is 20.2 Å². The Morgan fingerprint density at radius 2 is 2.64 bits per heavy atom. The second-order valence-electron chi connectivity index (χ2n) is 3.25. The first-order valence-corrected chi connectivity index (χ1v) is 4.55. The predicted octanol–water partition coefficient (Wildman–Crippen LogP) is 0.538. The van der Waals surface area contributed by atoms with Gasteiger partial charge in [-0.05, 0) is 13.0 Å². The summed E-state index contributed by atoms with van der Waals surface area (Å²) in [4.78, 5) is 15.1. The minimum Gasteiger partial charge on any atom is -0.464 e. The summed E-state index contributed by atoms with van der Waals surface area (Å²) in [5, 5.41) is 3.20. The van der Waals surface area contributed by atoms with Crippen molar-refractivity contribution in [3.63, 3.8) is 0 Å². The lowest BCUT2D eigenvalue weighted by Gasteiger charge is -2.04. The van der Waals surface area contributed by atoms with Gasteiger partial charge in [0.05, 0.1) is 7.11 Å². The molecule has 0 saturated carbocycles. The van der Waals surface area contributed by atoms with Crippen molar-refractivity contribution in [1.82, 2.24) is 10.3 Å². The van der Waals surface area contributed by atoms with Crippen LogP contribution in [0.3, 0.4) is 0 Å². The van der Waals surface area contributed by atoms with E-state index in [2.05, 4.69) is 15.0 Å². The smallest absolute Gasteiger partial charge is 0.360 e. The molecule has 1 N–H and O–H groups in total. The molecule has 0 spiro atoms. The SMILES string of the molecule is COC(=O)c1ncoc1C1CCNC1. The normalized spacial score (nSPS) is 21.1. The molecule has 1 saturated heterocycles. The van der Waals surface area contributed by atoms with E-state index in [1.807, 2.05) is 0 Å². The summed E-state index contributed by atoms with van der Waals surface area (Å²) in [6.07, 6.45) is 2.26. The van der Waals surface area contributed by atoms with Crippen LogP contribution in [0.1, 0.15) is 28.6 Å². The van der Waals surface area contributed by atoms with Gasteiger partial charge in [0, 0.05) is 12.5 Å².